The summed E-state index contributed by atoms with van der Waals surface area (Å²) in [5.41, 5.74) is -0.110. The minimum Gasteiger partial charge on any atom is -0.322 e. The van der Waals surface area contributed by atoms with Crippen molar-refractivity contribution in [3.05, 3.63) is 35.6 Å². The second-order valence-electron chi connectivity index (χ2n) is 4.84. The smallest absolute Gasteiger partial charge is 0.322 e. The van der Waals surface area contributed by atoms with Gasteiger partial charge in [0, 0.05) is 5.75 Å². The lowest BCUT2D eigenvalue weighted by atomic mass is 9.99. The average Bonchev–Trinajstić information content (AvgIpc) is 2.92. The van der Waals surface area contributed by atoms with Crippen molar-refractivity contribution in [2.24, 2.45) is 0 Å². The number of carbonyl (C=O) groups excluding carboxylic acids is 2. The fraction of sp³-hybridized carbons (Fsp3) is 0.385. The molecule has 3 amide bonds. The van der Waals surface area contributed by atoms with Gasteiger partial charge in [-0.25, -0.2) is 9.18 Å². The Morgan fingerprint density at radius 2 is 2.26 bits per heavy atom. The SMILES string of the molecule is O=C1NC2(CCSC2)C(=O)N1Cc1cccc(F)c1. The molecule has 1 unspecified atom stereocenters. The molecule has 0 aromatic heterocycles. The van der Waals surface area contributed by atoms with E-state index in [1.807, 2.05) is 0 Å². The van der Waals surface area contributed by atoms with Crippen molar-refractivity contribution in [3.8, 4) is 0 Å². The molecular formula is C13H13FN2O2S. The number of rotatable bonds is 2. The molecule has 0 aliphatic carbocycles. The Hall–Kier alpha value is -1.56. The summed E-state index contributed by atoms with van der Waals surface area (Å²) in [4.78, 5) is 25.5. The van der Waals surface area contributed by atoms with Crippen LogP contribution in [0.5, 0.6) is 0 Å². The maximum absolute atomic E-state index is 13.1. The number of nitrogens with one attached hydrogen (secondary N) is 1. The van der Waals surface area contributed by atoms with E-state index in [4.69, 9.17) is 0 Å². The molecule has 2 fully saturated rings. The quantitative estimate of drug-likeness (QED) is 0.840. The van der Waals surface area contributed by atoms with E-state index in [2.05, 4.69) is 5.32 Å². The molecule has 1 aromatic rings. The number of carbonyl (C=O) groups is 2. The largest absolute Gasteiger partial charge is 0.325 e. The molecule has 0 bridgehead atoms. The topological polar surface area (TPSA) is 49.4 Å². The van der Waals surface area contributed by atoms with Crippen molar-refractivity contribution in [2.75, 3.05) is 11.5 Å². The molecule has 2 heterocycles. The highest BCUT2D eigenvalue weighted by molar-refractivity contribution is 7.99. The Labute approximate surface area is 114 Å². The lowest BCUT2D eigenvalue weighted by Crippen LogP contribution is -2.46. The number of halogens is 1. The summed E-state index contributed by atoms with van der Waals surface area (Å²) < 4.78 is 13.1. The van der Waals surface area contributed by atoms with E-state index in [0.29, 0.717) is 17.7 Å². The molecule has 2 saturated heterocycles. The molecule has 6 heteroatoms. The van der Waals surface area contributed by atoms with Gasteiger partial charge in [-0.15, -0.1) is 0 Å². The predicted molar refractivity (Wildman–Crippen MR) is 70.2 cm³/mol. The van der Waals surface area contributed by atoms with Crippen molar-refractivity contribution in [2.45, 2.75) is 18.5 Å². The summed E-state index contributed by atoms with van der Waals surface area (Å²) in [7, 11) is 0. The lowest BCUT2D eigenvalue weighted by Gasteiger charge is -2.19. The van der Waals surface area contributed by atoms with Crippen LogP contribution >= 0.6 is 11.8 Å². The van der Waals surface area contributed by atoms with E-state index in [9.17, 15) is 14.0 Å². The van der Waals surface area contributed by atoms with Crippen LogP contribution in [0.4, 0.5) is 9.18 Å². The van der Waals surface area contributed by atoms with Crippen molar-refractivity contribution in [1.29, 1.82) is 0 Å². The van der Waals surface area contributed by atoms with Gasteiger partial charge in [-0.05, 0) is 29.9 Å². The number of hydrogen-bond donors (Lipinski definition) is 1. The fourth-order valence-electron chi connectivity index (χ4n) is 2.47. The summed E-state index contributed by atoms with van der Waals surface area (Å²) in [5, 5.41) is 2.79. The molecule has 1 spiro atoms. The second kappa shape index (κ2) is 4.52. The van der Waals surface area contributed by atoms with Crippen LogP contribution in [0.25, 0.3) is 0 Å². The number of urea groups is 1. The van der Waals surface area contributed by atoms with E-state index >= 15 is 0 Å². The minimum absolute atomic E-state index is 0.120. The van der Waals surface area contributed by atoms with Crippen LogP contribution in [0.2, 0.25) is 0 Å². The first-order valence-electron chi connectivity index (χ1n) is 6.07. The third-order valence-electron chi connectivity index (χ3n) is 3.50. The average molecular weight is 280 g/mol. The van der Waals surface area contributed by atoms with Gasteiger partial charge in [0.1, 0.15) is 11.4 Å². The van der Waals surface area contributed by atoms with Crippen molar-refractivity contribution in [1.82, 2.24) is 10.2 Å². The number of hydrogen-bond acceptors (Lipinski definition) is 3. The first-order chi connectivity index (χ1) is 9.11. The van der Waals surface area contributed by atoms with E-state index < -0.39 is 5.54 Å². The van der Waals surface area contributed by atoms with Crippen LogP contribution in [0.15, 0.2) is 24.3 Å². The van der Waals surface area contributed by atoms with Crippen molar-refractivity contribution >= 4 is 23.7 Å². The summed E-state index contributed by atoms with van der Waals surface area (Å²) in [6, 6.07) is 5.58. The van der Waals surface area contributed by atoms with E-state index in [0.717, 1.165) is 5.75 Å². The van der Waals surface area contributed by atoms with Crippen LogP contribution in [0.1, 0.15) is 12.0 Å². The molecule has 0 radical (unpaired) electrons. The second-order valence-corrected chi connectivity index (χ2v) is 5.94. The Kier molecular flexibility index (Phi) is 2.97. The summed E-state index contributed by atoms with van der Waals surface area (Å²) in [6.07, 6.45) is 0.669. The van der Waals surface area contributed by atoms with Gasteiger partial charge in [-0.3, -0.25) is 9.69 Å². The van der Waals surface area contributed by atoms with Crippen LogP contribution in [-0.2, 0) is 11.3 Å². The van der Waals surface area contributed by atoms with E-state index in [1.54, 1.807) is 23.9 Å². The van der Waals surface area contributed by atoms with Gasteiger partial charge in [-0.2, -0.15) is 11.8 Å². The Morgan fingerprint density at radius 1 is 1.42 bits per heavy atom. The van der Waals surface area contributed by atoms with E-state index in [1.165, 1.54) is 17.0 Å². The minimum atomic E-state index is -0.727. The standard InChI is InChI=1S/C13H13FN2O2S/c14-10-3-1-2-9(6-10)7-16-11(17)13(15-12(16)18)4-5-19-8-13/h1-3,6H,4-5,7-8H2,(H,15,18). The zero-order chi connectivity index (χ0) is 13.5. The van der Waals surface area contributed by atoms with Crippen LogP contribution in [-0.4, -0.2) is 33.9 Å². The highest BCUT2D eigenvalue weighted by Gasteiger charge is 2.52. The molecule has 4 nitrogen and oxygen atoms in total. The molecule has 1 atom stereocenters. The third kappa shape index (κ3) is 2.10. The van der Waals surface area contributed by atoms with E-state index in [-0.39, 0.29) is 24.3 Å². The van der Waals surface area contributed by atoms with Crippen LogP contribution in [0.3, 0.4) is 0 Å². The maximum atomic E-state index is 13.1. The van der Waals surface area contributed by atoms with Crippen molar-refractivity contribution in [3.63, 3.8) is 0 Å². The lowest BCUT2D eigenvalue weighted by molar-refractivity contribution is -0.130. The maximum Gasteiger partial charge on any atom is 0.325 e. The van der Waals surface area contributed by atoms with Gasteiger partial charge in [0.15, 0.2) is 0 Å². The highest BCUT2D eigenvalue weighted by Crippen LogP contribution is 2.33. The molecule has 2 aliphatic heterocycles. The van der Waals surface area contributed by atoms with Crippen molar-refractivity contribution < 1.29 is 14.0 Å². The first kappa shape index (κ1) is 12.5. The van der Waals surface area contributed by atoms with Gasteiger partial charge in [0.2, 0.25) is 0 Å². The molecule has 1 aromatic carbocycles. The van der Waals surface area contributed by atoms with Gasteiger partial charge in [0.05, 0.1) is 6.54 Å². The number of amides is 3. The Morgan fingerprint density at radius 3 is 2.95 bits per heavy atom. The summed E-state index contributed by atoms with van der Waals surface area (Å²) in [6.45, 7) is 0.120. The predicted octanol–water partition coefficient (Wildman–Crippen LogP) is 1.75. The molecular weight excluding hydrogens is 267 g/mol. The monoisotopic (exact) mass is 280 g/mol. The van der Waals surface area contributed by atoms with Gasteiger partial charge in [0.25, 0.3) is 5.91 Å². The molecule has 1 N–H and O–H groups in total. The van der Waals surface area contributed by atoms with Crippen LogP contribution in [0, 0.1) is 5.82 Å². The third-order valence-corrected chi connectivity index (χ3v) is 4.69. The summed E-state index contributed by atoms with van der Waals surface area (Å²) in [5.74, 6) is 0.944. The van der Waals surface area contributed by atoms with Gasteiger partial charge < -0.3 is 5.32 Å². The zero-order valence-electron chi connectivity index (χ0n) is 10.2. The molecule has 19 heavy (non-hydrogen) atoms. The number of nitrogens with zero attached hydrogens (tertiary/aromatic N) is 1. The molecule has 2 aliphatic rings. The zero-order valence-corrected chi connectivity index (χ0v) is 11.0. The Bertz CT molecular complexity index is 543. The Balaban J connectivity index is 1.82. The number of thioether (sulfide) groups is 1. The number of imide groups is 1. The molecule has 100 valence electrons. The highest BCUT2D eigenvalue weighted by atomic mass is 32.2. The number of benzene rings is 1. The van der Waals surface area contributed by atoms with Gasteiger partial charge in [-0.1, -0.05) is 12.1 Å². The fourth-order valence-corrected chi connectivity index (χ4v) is 3.80. The summed E-state index contributed by atoms with van der Waals surface area (Å²) >= 11 is 1.66. The normalized spacial score (nSPS) is 26.3. The molecule has 0 saturated carbocycles. The molecule has 3 rings (SSSR count). The van der Waals surface area contributed by atoms with Crippen LogP contribution < -0.4 is 5.32 Å². The van der Waals surface area contributed by atoms with Gasteiger partial charge >= 0.3 is 6.03 Å². The first-order valence-corrected chi connectivity index (χ1v) is 7.22.